The Hall–Kier alpha value is -3.21. The number of pyridine rings is 2. The van der Waals surface area contributed by atoms with Crippen molar-refractivity contribution in [3.63, 3.8) is 0 Å². The molecule has 2 aromatic heterocycles. The number of benzene rings is 1. The first-order valence-corrected chi connectivity index (χ1v) is 8.78. The average molecular weight is 344 g/mol. The van der Waals surface area contributed by atoms with E-state index in [1.807, 2.05) is 65.6 Å². The van der Waals surface area contributed by atoms with Crippen LogP contribution < -0.4 is 4.90 Å². The van der Waals surface area contributed by atoms with Gasteiger partial charge in [-0.3, -0.25) is 9.78 Å². The first-order valence-electron chi connectivity index (χ1n) is 8.78. The minimum Gasteiger partial charge on any atom is -0.353 e. The molecule has 0 spiro atoms. The van der Waals surface area contributed by atoms with Crippen molar-refractivity contribution < 1.29 is 4.79 Å². The first kappa shape index (κ1) is 16.3. The molecule has 0 N–H and O–H groups in total. The molecule has 130 valence electrons. The molecule has 0 saturated carbocycles. The van der Waals surface area contributed by atoms with Gasteiger partial charge in [-0.1, -0.05) is 42.5 Å². The highest BCUT2D eigenvalue weighted by Crippen LogP contribution is 2.19. The van der Waals surface area contributed by atoms with Gasteiger partial charge in [0, 0.05) is 44.1 Å². The summed E-state index contributed by atoms with van der Waals surface area (Å²) in [5.41, 5.74) is 2.61. The van der Waals surface area contributed by atoms with E-state index in [4.69, 9.17) is 0 Å². The number of amides is 1. The Labute approximate surface area is 152 Å². The third-order valence-electron chi connectivity index (χ3n) is 4.63. The summed E-state index contributed by atoms with van der Waals surface area (Å²) >= 11 is 0. The van der Waals surface area contributed by atoms with Crippen LogP contribution in [0.15, 0.2) is 73.1 Å². The highest BCUT2D eigenvalue weighted by Gasteiger charge is 2.23. The van der Waals surface area contributed by atoms with Crippen LogP contribution in [-0.2, 0) is 0 Å². The molecule has 1 amide bonds. The Morgan fingerprint density at radius 2 is 1.54 bits per heavy atom. The fraction of sp³-hybridized carbons (Fsp3) is 0.190. The zero-order valence-corrected chi connectivity index (χ0v) is 14.5. The van der Waals surface area contributed by atoms with Crippen LogP contribution in [0.3, 0.4) is 0 Å². The van der Waals surface area contributed by atoms with Gasteiger partial charge in [0.1, 0.15) is 11.5 Å². The predicted octanol–water partition coefficient (Wildman–Crippen LogP) is 3.11. The van der Waals surface area contributed by atoms with Crippen LogP contribution in [0.2, 0.25) is 0 Å². The fourth-order valence-corrected chi connectivity index (χ4v) is 3.16. The van der Waals surface area contributed by atoms with E-state index in [1.165, 1.54) is 0 Å². The third kappa shape index (κ3) is 3.42. The number of rotatable bonds is 3. The molecule has 1 aliphatic heterocycles. The maximum absolute atomic E-state index is 12.7. The van der Waals surface area contributed by atoms with Crippen LogP contribution >= 0.6 is 0 Å². The largest absolute Gasteiger partial charge is 0.353 e. The second kappa shape index (κ2) is 7.35. The van der Waals surface area contributed by atoms with Gasteiger partial charge in [0.05, 0.1) is 0 Å². The lowest BCUT2D eigenvalue weighted by Crippen LogP contribution is -2.49. The molecule has 0 aliphatic carbocycles. The summed E-state index contributed by atoms with van der Waals surface area (Å²) in [6.07, 6.45) is 3.57. The summed E-state index contributed by atoms with van der Waals surface area (Å²) in [4.78, 5) is 25.6. The van der Waals surface area contributed by atoms with E-state index < -0.39 is 0 Å². The molecule has 5 nitrogen and oxygen atoms in total. The van der Waals surface area contributed by atoms with E-state index >= 15 is 0 Å². The number of piperazine rings is 1. The zero-order chi connectivity index (χ0) is 17.8. The van der Waals surface area contributed by atoms with Crippen molar-refractivity contribution in [2.45, 2.75) is 0 Å². The Bertz CT molecular complexity index is 858. The lowest BCUT2D eigenvalue weighted by molar-refractivity contribution is 0.0740. The molecular formula is C21H20N4O. The first-order chi connectivity index (χ1) is 12.8. The molecule has 4 rings (SSSR count). The van der Waals surface area contributed by atoms with Gasteiger partial charge in [0.15, 0.2) is 0 Å². The Balaban J connectivity index is 1.41. The van der Waals surface area contributed by atoms with Crippen molar-refractivity contribution in [3.8, 4) is 11.1 Å². The second-order valence-corrected chi connectivity index (χ2v) is 6.27. The van der Waals surface area contributed by atoms with Crippen molar-refractivity contribution in [1.29, 1.82) is 0 Å². The summed E-state index contributed by atoms with van der Waals surface area (Å²) in [7, 11) is 0. The molecule has 0 unspecified atom stereocenters. The third-order valence-corrected chi connectivity index (χ3v) is 4.63. The average Bonchev–Trinajstić information content (AvgIpc) is 2.75. The number of carbonyl (C=O) groups is 1. The van der Waals surface area contributed by atoms with Crippen molar-refractivity contribution in [3.05, 3.63) is 78.8 Å². The Morgan fingerprint density at radius 3 is 2.19 bits per heavy atom. The molecule has 0 radical (unpaired) electrons. The molecular weight excluding hydrogens is 324 g/mol. The summed E-state index contributed by atoms with van der Waals surface area (Å²) < 4.78 is 0. The molecule has 5 heteroatoms. The minimum atomic E-state index is -0.00900. The second-order valence-electron chi connectivity index (χ2n) is 6.27. The molecule has 1 fully saturated rings. The summed E-state index contributed by atoms with van der Waals surface area (Å²) in [5, 5.41) is 0. The van der Waals surface area contributed by atoms with Gasteiger partial charge in [-0.05, 0) is 23.8 Å². The van der Waals surface area contributed by atoms with Gasteiger partial charge in [0.25, 0.3) is 5.91 Å². The van der Waals surface area contributed by atoms with Crippen LogP contribution in [0, 0.1) is 0 Å². The number of nitrogens with zero attached hydrogens (tertiary/aromatic N) is 4. The molecule has 1 saturated heterocycles. The van der Waals surface area contributed by atoms with Gasteiger partial charge >= 0.3 is 0 Å². The quantitative estimate of drug-likeness (QED) is 0.732. The maximum atomic E-state index is 12.7. The van der Waals surface area contributed by atoms with Gasteiger partial charge in [-0.25, -0.2) is 4.98 Å². The standard InChI is InChI=1S/C21H20N4O/c26-21(19-10-9-18(16-23-19)17-6-2-1-3-7-17)25-14-12-24(13-15-25)20-8-4-5-11-22-20/h1-11,16H,12-15H2. The highest BCUT2D eigenvalue weighted by atomic mass is 16.2. The van der Waals surface area contributed by atoms with Gasteiger partial charge < -0.3 is 9.80 Å². The monoisotopic (exact) mass is 344 g/mol. The topological polar surface area (TPSA) is 49.3 Å². The SMILES string of the molecule is O=C(c1ccc(-c2ccccc2)cn1)N1CCN(c2ccccn2)CC1. The van der Waals surface area contributed by atoms with E-state index in [9.17, 15) is 4.79 Å². The number of aromatic nitrogens is 2. The normalized spacial score (nSPS) is 14.3. The smallest absolute Gasteiger partial charge is 0.272 e. The Morgan fingerprint density at radius 1 is 0.769 bits per heavy atom. The molecule has 1 aromatic carbocycles. The summed E-state index contributed by atoms with van der Waals surface area (Å²) in [5.74, 6) is 0.954. The van der Waals surface area contributed by atoms with Crippen LogP contribution in [0.1, 0.15) is 10.5 Å². The van der Waals surface area contributed by atoms with Gasteiger partial charge in [0.2, 0.25) is 0 Å². The van der Waals surface area contributed by atoms with Crippen molar-refractivity contribution in [2.24, 2.45) is 0 Å². The molecule has 0 atom stereocenters. The van der Waals surface area contributed by atoms with E-state index in [2.05, 4.69) is 14.9 Å². The lowest BCUT2D eigenvalue weighted by Gasteiger charge is -2.35. The van der Waals surface area contributed by atoms with Gasteiger partial charge in [-0.2, -0.15) is 0 Å². The number of anilines is 1. The van der Waals surface area contributed by atoms with Crippen molar-refractivity contribution in [1.82, 2.24) is 14.9 Å². The molecule has 3 aromatic rings. The van der Waals surface area contributed by atoms with Crippen LogP contribution in [0.4, 0.5) is 5.82 Å². The maximum Gasteiger partial charge on any atom is 0.272 e. The van der Waals surface area contributed by atoms with Crippen molar-refractivity contribution in [2.75, 3.05) is 31.1 Å². The highest BCUT2D eigenvalue weighted by molar-refractivity contribution is 5.92. The van der Waals surface area contributed by atoms with Crippen LogP contribution in [0.5, 0.6) is 0 Å². The molecule has 1 aliphatic rings. The minimum absolute atomic E-state index is 0.00900. The van der Waals surface area contributed by atoms with Gasteiger partial charge in [-0.15, -0.1) is 0 Å². The van der Waals surface area contributed by atoms with E-state index in [0.717, 1.165) is 30.0 Å². The molecule has 3 heterocycles. The zero-order valence-electron chi connectivity index (χ0n) is 14.5. The molecule has 26 heavy (non-hydrogen) atoms. The van der Waals surface area contributed by atoms with E-state index in [-0.39, 0.29) is 5.91 Å². The Kier molecular flexibility index (Phi) is 4.60. The van der Waals surface area contributed by atoms with Crippen LogP contribution in [-0.4, -0.2) is 47.0 Å². The van der Waals surface area contributed by atoms with E-state index in [1.54, 1.807) is 12.4 Å². The van der Waals surface area contributed by atoms with E-state index in [0.29, 0.717) is 18.8 Å². The summed E-state index contributed by atoms with van der Waals surface area (Å²) in [6.45, 7) is 2.92. The lowest BCUT2D eigenvalue weighted by atomic mass is 10.1. The van der Waals surface area contributed by atoms with Crippen molar-refractivity contribution >= 4 is 11.7 Å². The number of hydrogen-bond acceptors (Lipinski definition) is 4. The summed E-state index contributed by atoms with van der Waals surface area (Å²) in [6, 6.07) is 19.7. The predicted molar refractivity (Wildman–Crippen MR) is 102 cm³/mol. The number of carbonyl (C=O) groups excluding carboxylic acids is 1. The van der Waals surface area contributed by atoms with Crippen LogP contribution in [0.25, 0.3) is 11.1 Å². The molecule has 0 bridgehead atoms. The number of hydrogen-bond donors (Lipinski definition) is 0. The fourth-order valence-electron chi connectivity index (χ4n) is 3.16.